The maximum atomic E-state index is 10.9. The van der Waals surface area contributed by atoms with Gasteiger partial charge >= 0.3 is 5.97 Å². The number of oxazole rings is 1. The SMILES string of the molecule is CCCCC(C)c1nc2ccc(C(=O)O)cc2o1. The first-order valence-electron chi connectivity index (χ1n) is 6.25. The Labute approximate surface area is 106 Å². The van der Waals surface area contributed by atoms with Gasteiger partial charge in [0, 0.05) is 5.92 Å². The zero-order valence-corrected chi connectivity index (χ0v) is 10.6. The molecule has 0 aliphatic rings. The lowest BCUT2D eigenvalue weighted by Crippen LogP contribution is -1.94. The molecule has 0 aliphatic heterocycles. The fourth-order valence-electron chi connectivity index (χ4n) is 1.92. The van der Waals surface area contributed by atoms with E-state index in [0.29, 0.717) is 11.5 Å². The molecule has 1 heterocycles. The van der Waals surface area contributed by atoms with Crippen molar-refractivity contribution in [2.75, 3.05) is 0 Å². The van der Waals surface area contributed by atoms with Crippen molar-refractivity contribution in [1.29, 1.82) is 0 Å². The van der Waals surface area contributed by atoms with E-state index >= 15 is 0 Å². The Morgan fingerprint density at radius 1 is 1.50 bits per heavy atom. The minimum Gasteiger partial charge on any atom is -0.478 e. The second kappa shape index (κ2) is 5.21. The van der Waals surface area contributed by atoms with Crippen molar-refractivity contribution in [2.45, 2.75) is 39.0 Å². The molecule has 0 bridgehead atoms. The van der Waals surface area contributed by atoms with Crippen LogP contribution in [0.15, 0.2) is 22.6 Å². The van der Waals surface area contributed by atoms with Gasteiger partial charge < -0.3 is 9.52 Å². The van der Waals surface area contributed by atoms with Gasteiger partial charge in [0.25, 0.3) is 0 Å². The highest BCUT2D eigenvalue weighted by molar-refractivity contribution is 5.91. The summed E-state index contributed by atoms with van der Waals surface area (Å²) in [6.07, 6.45) is 3.32. The zero-order valence-electron chi connectivity index (χ0n) is 10.6. The molecular weight excluding hydrogens is 230 g/mol. The molecule has 1 aromatic heterocycles. The van der Waals surface area contributed by atoms with Gasteiger partial charge in [-0.2, -0.15) is 0 Å². The molecule has 0 spiro atoms. The molecule has 4 heteroatoms. The number of carboxylic acid groups (broad SMARTS) is 1. The number of unbranched alkanes of at least 4 members (excludes halogenated alkanes) is 1. The van der Waals surface area contributed by atoms with Crippen molar-refractivity contribution >= 4 is 17.1 Å². The highest BCUT2D eigenvalue weighted by Crippen LogP contribution is 2.25. The Hall–Kier alpha value is -1.84. The lowest BCUT2D eigenvalue weighted by Gasteiger charge is -2.04. The van der Waals surface area contributed by atoms with Crippen molar-refractivity contribution < 1.29 is 14.3 Å². The van der Waals surface area contributed by atoms with Crippen LogP contribution in [0.5, 0.6) is 0 Å². The highest BCUT2D eigenvalue weighted by atomic mass is 16.4. The Morgan fingerprint density at radius 3 is 2.94 bits per heavy atom. The van der Waals surface area contributed by atoms with E-state index in [1.165, 1.54) is 6.07 Å². The van der Waals surface area contributed by atoms with Crippen LogP contribution >= 0.6 is 0 Å². The number of aromatic nitrogens is 1. The van der Waals surface area contributed by atoms with Gasteiger partial charge in [-0.05, 0) is 24.6 Å². The van der Waals surface area contributed by atoms with Crippen LogP contribution in [0, 0.1) is 0 Å². The summed E-state index contributed by atoms with van der Waals surface area (Å²) < 4.78 is 5.64. The number of hydrogen-bond acceptors (Lipinski definition) is 3. The Kier molecular flexibility index (Phi) is 3.65. The van der Waals surface area contributed by atoms with Gasteiger partial charge in [0.2, 0.25) is 0 Å². The second-order valence-corrected chi connectivity index (χ2v) is 4.58. The molecule has 0 amide bonds. The number of benzene rings is 1. The highest BCUT2D eigenvalue weighted by Gasteiger charge is 2.14. The molecule has 96 valence electrons. The average molecular weight is 247 g/mol. The lowest BCUT2D eigenvalue weighted by atomic mass is 10.1. The summed E-state index contributed by atoms with van der Waals surface area (Å²) in [7, 11) is 0. The number of aromatic carboxylic acids is 1. The zero-order chi connectivity index (χ0) is 13.1. The van der Waals surface area contributed by atoms with Crippen LogP contribution in [-0.4, -0.2) is 16.1 Å². The Morgan fingerprint density at radius 2 is 2.28 bits per heavy atom. The van der Waals surface area contributed by atoms with E-state index < -0.39 is 5.97 Å². The van der Waals surface area contributed by atoms with Crippen LogP contribution in [0.2, 0.25) is 0 Å². The second-order valence-electron chi connectivity index (χ2n) is 4.58. The standard InChI is InChI=1S/C14H17NO3/c1-3-4-5-9(2)13-15-11-7-6-10(14(16)17)8-12(11)18-13/h6-9H,3-5H2,1-2H3,(H,16,17). The van der Waals surface area contributed by atoms with E-state index in [2.05, 4.69) is 18.8 Å². The molecule has 0 aliphatic carbocycles. The molecule has 0 saturated heterocycles. The van der Waals surface area contributed by atoms with E-state index in [0.717, 1.165) is 24.8 Å². The third kappa shape index (κ3) is 2.53. The normalized spacial score (nSPS) is 12.8. The minimum absolute atomic E-state index is 0.228. The maximum Gasteiger partial charge on any atom is 0.335 e. The van der Waals surface area contributed by atoms with Crippen molar-refractivity contribution in [3.63, 3.8) is 0 Å². The van der Waals surface area contributed by atoms with Gasteiger partial charge in [0.1, 0.15) is 5.52 Å². The van der Waals surface area contributed by atoms with Crippen LogP contribution in [0.25, 0.3) is 11.1 Å². The fourth-order valence-corrected chi connectivity index (χ4v) is 1.92. The summed E-state index contributed by atoms with van der Waals surface area (Å²) >= 11 is 0. The maximum absolute atomic E-state index is 10.9. The van der Waals surface area contributed by atoms with Crippen molar-refractivity contribution in [3.05, 3.63) is 29.7 Å². The molecule has 0 fully saturated rings. The van der Waals surface area contributed by atoms with E-state index in [1.54, 1.807) is 12.1 Å². The summed E-state index contributed by atoms with van der Waals surface area (Å²) in [4.78, 5) is 15.3. The van der Waals surface area contributed by atoms with Crippen molar-refractivity contribution in [3.8, 4) is 0 Å². The van der Waals surface area contributed by atoms with Crippen molar-refractivity contribution in [2.24, 2.45) is 0 Å². The lowest BCUT2D eigenvalue weighted by molar-refractivity contribution is 0.0697. The van der Waals surface area contributed by atoms with E-state index in [-0.39, 0.29) is 11.5 Å². The predicted octanol–water partition coefficient (Wildman–Crippen LogP) is 3.82. The summed E-state index contributed by atoms with van der Waals surface area (Å²) in [5, 5.41) is 8.91. The molecular formula is C14H17NO3. The quantitative estimate of drug-likeness (QED) is 0.872. The van der Waals surface area contributed by atoms with Crippen LogP contribution in [-0.2, 0) is 0 Å². The number of hydrogen-bond donors (Lipinski definition) is 1. The number of carbonyl (C=O) groups is 1. The Bertz CT molecular complexity index is 559. The molecule has 1 unspecified atom stereocenters. The van der Waals surface area contributed by atoms with E-state index in [1.807, 2.05) is 0 Å². The topological polar surface area (TPSA) is 63.3 Å². The Balaban J connectivity index is 2.29. The molecule has 1 N–H and O–H groups in total. The van der Waals surface area contributed by atoms with Crippen LogP contribution in [0.3, 0.4) is 0 Å². The molecule has 1 atom stereocenters. The van der Waals surface area contributed by atoms with Gasteiger partial charge in [-0.3, -0.25) is 0 Å². The molecule has 0 radical (unpaired) electrons. The molecule has 4 nitrogen and oxygen atoms in total. The van der Waals surface area contributed by atoms with Crippen LogP contribution in [0.4, 0.5) is 0 Å². The van der Waals surface area contributed by atoms with Crippen LogP contribution < -0.4 is 0 Å². The predicted molar refractivity (Wildman–Crippen MR) is 68.9 cm³/mol. The molecule has 0 saturated carbocycles. The number of nitrogens with zero attached hydrogens (tertiary/aromatic N) is 1. The van der Waals surface area contributed by atoms with Gasteiger partial charge in [-0.15, -0.1) is 0 Å². The summed E-state index contributed by atoms with van der Waals surface area (Å²) in [6, 6.07) is 4.77. The average Bonchev–Trinajstić information content (AvgIpc) is 2.78. The number of fused-ring (bicyclic) bond motifs is 1. The van der Waals surface area contributed by atoms with Gasteiger partial charge in [-0.1, -0.05) is 26.7 Å². The first-order valence-corrected chi connectivity index (χ1v) is 6.25. The minimum atomic E-state index is -0.950. The molecule has 2 rings (SSSR count). The smallest absolute Gasteiger partial charge is 0.335 e. The molecule has 18 heavy (non-hydrogen) atoms. The largest absolute Gasteiger partial charge is 0.478 e. The molecule has 1 aromatic carbocycles. The summed E-state index contributed by atoms with van der Waals surface area (Å²) in [5.74, 6) is 0.0144. The van der Waals surface area contributed by atoms with Gasteiger partial charge in [-0.25, -0.2) is 9.78 Å². The summed E-state index contributed by atoms with van der Waals surface area (Å²) in [5.41, 5.74) is 1.50. The third-order valence-electron chi connectivity index (χ3n) is 3.06. The monoisotopic (exact) mass is 247 g/mol. The first-order chi connectivity index (χ1) is 8.61. The molecule has 2 aromatic rings. The van der Waals surface area contributed by atoms with Gasteiger partial charge in [0.05, 0.1) is 5.56 Å². The summed E-state index contributed by atoms with van der Waals surface area (Å²) in [6.45, 7) is 4.23. The van der Waals surface area contributed by atoms with Crippen LogP contribution in [0.1, 0.15) is 55.3 Å². The van der Waals surface area contributed by atoms with E-state index in [4.69, 9.17) is 9.52 Å². The fraction of sp³-hybridized carbons (Fsp3) is 0.429. The van der Waals surface area contributed by atoms with E-state index in [9.17, 15) is 4.79 Å². The first kappa shape index (κ1) is 12.6. The number of carboxylic acids is 1. The third-order valence-corrected chi connectivity index (χ3v) is 3.06. The number of rotatable bonds is 5. The van der Waals surface area contributed by atoms with Crippen molar-refractivity contribution in [1.82, 2.24) is 4.98 Å². The van der Waals surface area contributed by atoms with Gasteiger partial charge in [0.15, 0.2) is 11.5 Å².